The predicted molar refractivity (Wildman–Crippen MR) is 77.3 cm³/mol. The quantitative estimate of drug-likeness (QED) is 0.449. The van der Waals surface area contributed by atoms with Crippen molar-refractivity contribution in [1.29, 1.82) is 0 Å². The number of thiol groups is 1. The molecule has 106 valence electrons. The maximum Gasteiger partial charge on any atom is 0.341 e. The zero-order chi connectivity index (χ0) is 14.3. The van der Waals surface area contributed by atoms with Gasteiger partial charge in [0.25, 0.3) is 0 Å². The van der Waals surface area contributed by atoms with Gasteiger partial charge in [-0.25, -0.2) is 9.18 Å². The smallest absolute Gasteiger partial charge is 0.341 e. The SMILES string of the molecule is CCCCCCC(C)OC(=O)c1cc(S)ccc1F. The van der Waals surface area contributed by atoms with Gasteiger partial charge in [0.2, 0.25) is 0 Å². The van der Waals surface area contributed by atoms with Gasteiger partial charge < -0.3 is 4.74 Å². The second-order valence-electron chi connectivity index (χ2n) is 4.73. The van der Waals surface area contributed by atoms with Crippen molar-refractivity contribution >= 4 is 18.6 Å². The molecule has 0 aliphatic rings. The molecule has 0 radical (unpaired) electrons. The van der Waals surface area contributed by atoms with Crippen LogP contribution in [0.2, 0.25) is 0 Å². The van der Waals surface area contributed by atoms with Gasteiger partial charge in [-0.2, -0.15) is 0 Å². The van der Waals surface area contributed by atoms with Crippen LogP contribution in [0.5, 0.6) is 0 Å². The molecule has 1 aromatic rings. The Morgan fingerprint density at radius 3 is 2.79 bits per heavy atom. The Kier molecular flexibility index (Phi) is 6.92. The largest absolute Gasteiger partial charge is 0.459 e. The van der Waals surface area contributed by atoms with Crippen molar-refractivity contribution < 1.29 is 13.9 Å². The normalized spacial score (nSPS) is 12.2. The molecule has 0 aliphatic heterocycles. The second kappa shape index (κ2) is 8.20. The molecule has 1 unspecified atom stereocenters. The molecule has 0 N–H and O–H groups in total. The standard InChI is InChI=1S/C15H21FO2S/c1-3-4-5-6-7-11(2)18-15(17)13-10-12(19)8-9-14(13)16/h8-11,19H,3-7H2,1-2H3. The number of carbonyl (C=O) groups is 1. The first-order chi connectivity index (χ1) is 9.04. The highest BCUT2D eigenvalue weighted by molar-refractivity contribution is 7.80. The molecule has 0 aliphatic carbocycles. The maximum atomic E-state index is 13.5. The van der Waals surface area contributed by atoms with Gasteiger partial charge in [0.05, 0.1) is 11.7 Å². The van der Waals surface area contributed by atoms with E-state index in [0.717, 1.165) is 19.3 Å². The summed E-state index contributed by atoms with van der Waals surface area (Å²) >= 11 is 4.09. The van der Waals surface area contributed by atoms with Crippen LogP contribution in [0, 0.1) is 5.82 Å². The van der Waals surface area contributed by atoms with E-state index in [4.69, 9.17) is 4.74 Å². The molecule has 0 spiro atoms. The van der Waals surface area contributed by atoms with Crippen LogP contribution in [0.15, 0.2) is 23.1 Å². The van der Waals surface area contributed by atoms with Crippen molar-refractivity contribution in [3.63, 3.8) is 0 Å². The van der Waals surface area contributed by atoms with Gasteiger partial charge in [0.1, 0.15) is 5.82 Å². The Morgan fingerprint density at radius 2 is 2.11 bits per heavy atom. The number of hydrogen-bond acceptors (Lipinski definition) is 3. The molecule has 19 heavy (non-hydrogen) atoms. The number of carbonyl (C=O) groups excluding carboxylic acids is 1. The summed E-state index contributed by atoms with van der Waals surface area (Å²) in [4.78, 5) is 12.4. The van der Waals surface area contributed by atoms with Gasteiger partial charge in [-0.1, -0.05) is 26.2 Å². The lowest BCUT2D eigenvalue weighted by atomic mass is 10.1. The fraction of sp³-hybridized carbons (Fsp3) is 0.533. The molecule has 0 bridgehead atoms. The first-order valence-electron chi connectivity index (χ1n) is 6.74. The molecule has 0 heterocycles. The maximum absolute atomic E-state index is 13.5. The van der Waals surface area contributed by atoms with E-state index in [1.54, 1.807) is 0 Å². The highest BCUT2D eigenvalue weighted by Gasteiger charge is 2.16. The van der Waals surface area contributed by atoms with Crippen LogP contribution in [0.1, 0.15) is 56.3 Å². The van der Waals surface area contributed by atoms with Gasteiger partial charge in [-0.3, -0.25) is 0 Å². The minimum atomic E-state index is -0.614. The number of hydrogen-bond donors (Lipinski definition) is 1. The van der Waals surface area contributed by atoms with Crippen LogP contribution in [0.4, 0.5) is 4.39 Å². The molecular weight excluding hydrogens is 263 g/mol. The van der Waals surface area contributed by atoms with Gasteiger partial charge in [-0.05, 0) is 38.0 Å². The van der Waals surface area contributed by atoms with Crippen molar-refractivity contribution in [2.75, 3.05) is 0 Å². The summed E-state index contributed by atoms with van der Waals surface area (Å²) in [6, 6.07) is 4.12. The average molecular weight is 284 g/mol. The summed E-state index contributed by atoms with van der Waals surface area (Å²) < 4.78 is 18.7. The summed E-state index contributed by atoms with van der Waals surface area (Å²) in [6.45, 7) is 3.99. The fourth-order valence-electron chi connectivity index (χ4n) is 1.83. The summed E-state index contributed by atoms with van der Waals surface area (Å²) in [6.07, 6.45) is 5.15. The predicted octanol–water partition coefficient (Wildman–Crippen LogP) is 4.63. The number of rotatable bonds is 7. The molecule has 0 fully saturated rings. The van der Waals surface area contributed by atoms with Crippen LogP contribution in [-0.4, -0.2) is 12.1 Å². The third kappa shape index (κ3) is 5.64. The monoisotopic (exact) mass is 284 g/mol. The van der Waals surface area contributed by atoms with E-state index in [9.17, 15) is 9.18 Å². The van der Waals surface area contributed by atoms with E-state index in [-0.39, 0.29) is 11.7 Å². The molecule has 4 heteroatoms. The van der Waals surface area contributed by atoms with Crippen molar-refractivity contribution in [2.24, 2.45) is 0 Å². The Bertz CT molecular complexity index is 421. The molecule has 0 saturated heterocycles. The number of halogens is 1. The molecule has 2 nitrogen and oxygen atoms in total. The lowest BCUT2D eigenvalue weighted by Gasteiger charge is -2.13. The van der Waals surface area contributed by atoms with Crippen LogP contribution in [0.3, 0.4) is 0 Å². The first kappa shape index (κ1) is 16.0. The van der Waals surface area contributed by atoms with E-state index in [1.807, 2.05) is 6.92 Å². The molecule has 0 aromatic heterocycles. The van der Waals surface area contributed by atoms with Gasteiger partial charge in [0.15, 0.2) is 0 Å². The molecular formula is C15H21FO2S. The van der Waals surface area contributed by atoms with Crippen molar-refractivity contribution in [2.45, 2.75) is 57.0 Å². The van der Waals surface area contributed by atoms with E-state index < -0.39 is 11.8 Å². The Labute approximate surface area is 119 Å². The fourth-order valence-corrected chi connectivity index (χ4v) is 2.04. The number of esters is 1. The first-order valence-corrected chi connectivity index (χ1v) is 7.18. The molecule has 1 rings (SSSR count). The van der Waals surface area contributed by atoms with Gasteiger partial charge >= 0.3 is 5.97 Å². The topological polar surface area (TPSA) is 26.3 Å². The minimum Gasteiger partial charge on any atom is -0.459 e. The van der Waals surface area contributed by atoms with Gasteiger partial charge in [0, 0.05) is 4.90 Å². The van der Waals surface area contributed by atoms with E-state index in [2.05, 4.69) is 19.6 Å². The third-order valence-corrected chi connectivity index (χ3v) is 3.22. The Hall–Kier alpha value is -1.03. The summed E-state index contributed by atoms with van der Waals surface area (Å²) in [7, 11) is 0. The summed E-state index contributed by atoms with van der Waals surface area (Å²) in [5, 5.41) is 0. The molecule has 1 aromatic carbocycles. The Balaban J connectivity index is 2.47. The third-order valence-electron chi connectivity index (χ3n) is 2.94. The van der Waals surface area contributed by atoms with E-state index in [0.29, 0.717) is 4.90 Å². The molecule has 0 saturated carbocycles. The molecule has 1 atom stereocenters. The van der Waals surface area contributed by atoms with Crippen LogP contribution in [0.25, 0.3) is 0 Å². The number of ether oxygens (including phenoxy) is 1. The van der Waals surface area contributed by atoms with Crippen molar-refractivity contribution in [1.82, 2.24) is 0 Å². The highest BCUT2D eigenvalue weighted by atomic mass is 32.1. The Morgan fingerprint density at radius 1 is 1.37 bits per heavy atom. The highest BCUT2D eigenvalue weighted by Crippen LogP contribution is 2.16. The lowest BCUT2D eigenvalue weighted by Crippen LogP contribution is -2.16. The van der Waals surface area contributed by atoms with Crippen LogP contribution in [-0.2, 0) is 4.74 Å². The number of unbranched alkanes of at least 4 members (excludes halogenated alkanes) is 3. The van der Waals surface area contributed by atoms with Crippen LogP contribution >= 0.6 is 12.6 Å². The summed E-state index contributed by atoms with van der Waals surface area (Å²) in [5.41, 5.74) is -0.0482. The average Bonchev–Trinajstić information content (AvgIpc) is 2.37. The summed E-state index contributed by atoms with van der Waals surface area (Å²) in [5.74, 6) is -1.18. The van der Waals surface area contributed by atoms with E-state index in [1.165, 1.54) is 31.0 Å². The lowest BCUT2D eigenvalue weighted by molar-refractivity contribution is 0.0314. The van der Waals surface area contributed by atoms with Crippen molar-refractivity contribution in [3.05, 3.63) is 29.6 Å². The number of benzene rings is 1. The second-order valence-corrected chi connectivity index (χ2v) is 5.25. The zero-order valence-corrected chi connectivity index (χ0v) is 12.4. The van der Waals surface area contributed by atoms with E-state index >= 15 is 0 Å². The minimum absolute atomic E-state index is 0.0482. The van der Waals surface area contributed by atoms with Crippen LogP contribution < -0.4 is 0 Å². The zero-order valence-electron chi connectivity index (χ0n) is 11.5. The molecule has 0 amide bonds. The van der Waals surface area contributed by atoms with Crippen molar-refractivity contribution in [3.8, 4) is 0 Å². The van der Waals surface area contributed by atoms with Gasteiger partial charge in [-0.15, -0.1) is 12.6 Å².